The van der Waals surface area contributed by atoms with E-state index in [2.05, 4.69) is 4.90 Å². The highest BCUT2D eigenvalue weighted by Crippen LogP contribution is 2.15. The third-order valence-corrected chi connectivity index (χ3v) is 2.47. The van der Waals surface area contributed by atoms with Crippen LogP contribution in [0.15, 0.2) is 0 Å². The van der Waals surface area contributed by atoms with Gasteiger partial charge in [0, 0.05) is 13.1 Å². The Bertz CT molecular complexity index is 99.0. The maximum absolute atomic E-state index is 5.90. The molecule has 0 radical (unpaired) electrons. The van der Waals surface area contributed by atoms with Crippen molar-refractivity contribution in [2.24, 2.45) is 0 Å². The smallest absolute Gasteiger partial charge is 0.141 e. The summed E-state index contributed by atoms with van der Waals surface area (Å²) in [5, 5.41) is 0. The van der Waals surface area contributed by atoms with Gasteiger partial charge in [0.15, 0.2) is 0 Å². The normalized spacial score (nSPS) is 31.7. The van der Waals surface area contributed by atoms with Gasteiger partial charge in [0.2, 0.25) is 0 Å². The molecule has 9 heavy (non-hydrogen) atoms. The van der Waals surface area contributed by atoms with Gasteiger partial charge in [-0.05, 0) is 7.05 Å². The highest BCUT2D eigenvalue weighted by molar-refractivity contribution is 6.21. The van der Waals surface area contributed by atoms with E-state index in [1.165, 1.54) is 0 Å². The standard InChI is InChI=1S/C5H10Cl2N2/c1-8-2-3-9(4-6)5(8)7/h5H,2-4H2,1H3. The summed E-state index contributed by atoms with van der Waals surface area (Å²) in [5.41, 5.74) is 0.00231. The lowest BCUT2D eigenvalue weighted by atomic mass is 10.6. The summed E-state index contributed by atoms with van der Waals surface area (Å²) in [6.45, 7) is 2.00. The Morgan fingerprint density at radius 2 is 2.22 bits per heavy atom. The second-order valence-electron chi connectivity index (χ2n) is 2.22. The SMILES string of the molecule is CN1CCN(CCl)C1Cl. The summed E-state index contributed by atoms with van der Waals surface area (Å²) in [5.74, 6) is 0. The van der Waals surface area contributed by atoms with E-state index in [0.29, 0.717) is 6.00 Å². The molecule has 0 saturated carbocycles. The molecule has 0 N–H and O–H groups in total. The van der Waals surface area contributed by atoms with Crippen molar-refractivity contribution >= 4 is 23.2 Å². The van der Waals surface area contributed by atoms with Crippen LogP contribution in [0.5, 0.6) is 0 Å². The molecule has 54 valence electrons. The number of alkyl halides is 2. The predicted octanol–water partition coefficient (Wildman–Crippen LogP) is 0.952. The van der Waals surface area contributed by atoms with Crippen molar-refractivity contribution in [3.63, 3.8) is 0 Å². The predicted molar refractivity (Wildman–Crippen MR) is 39.7 cm³/mol. The second kappa shape index (κ2) is 3.06. The van der Waals surface area contributed by atoms with E-state index in [1.807, 2.05) is 11.9 Å². The summed E-state index contributed by atoms with van der Waals surface area (Å²) >= 11 is 11.5. The number of halogens is 2. The molecule has 0 bridgehead atoms. The van der Waals surface area contributed by atoms with Crippen molar-refractivity contribution in [2.75, 3.05) is 26.1 Å². The molecule has 1 aliphatic rings. The molecule has 1 atom stereocenters. The van der Waals surface area contributed by atoms with Crippen LogP contribution in [-0.2, 0) is 0 Å². The zero-order chi connectivity index (χ0) is 6.85. The number of likely N-dealkylation sites (N-methyl/N-ethyl adjacent to an activating group) is 1. The first kappa shape index (κ1) is 7.61. The van der Waals surface area contributed by atoms with Crippen LogP contribution in [0.3, 0.4) is 0 Å². The Morgan fingerprint density at radius 3 is 2.44 bits per heavy atom. The Hall–Kier alpha value is 0.500. The third kappa shape index (κ3) is 1.49. The van der Waals surface area contributed by atoms with Crippen molar-refractivity contribution in [1.29, 1.82) is 0 Å². The average Bonchev–Trinajstić information content (AvgIpc) is 2.15. The van der Waals surface area contributed by atoms with Gasteiger partial charge < -0.3 is 0 Å². The van der Waals surface area contributed by atoms with Gasteiger partial charge in [0.25, 0.3) is 0 Å². The van der Waals surface area contributed by atoms with Gasteiger partial charge in [-0.25, -0.2) is 0 Å². The minimum absolute atomic E-state index is 0.00231. The van der Waals surface area contributed by atoms with Gasteiger partial charge in [-0.1, -0.05) is 11.6 Å². The monoisotopic (exact) mass is 168 g/mol. The summed E-state index contributed by atoms with van der Waals surface area (Å²) in [6.07, 6.45) is 0. The molecule has 1 heterocycles. The summed E-state index contributed by atoms with van der Waals surface area (Å²) in [4.78, 5) is 4.06. The Labute approximate surface area is 65.3 Å². The van der Waals surface area contributed by atoms with Crippen LogP contribution in [-0.4, -0.2) is 41.6 Å². The first-order valence-corrected chi connectivity index (χ1v) is 3.87. The average molecular weight is 169 g/mol. The van der Waals surface area contributed by atoms with Crippen molar-refractivity contribution in [2.45, 2.75) is 5.62 Å². The van der Waals surface area contributed by atoms with Crippen LogP contribution in [0.25, 0.3) is 0 Å². The van der Waals surface area contributed by atoms with Crippen LogP contribution in [0.4, 0.5) is 0 Å². The lowest BCUT2D eigenvalue weighted by Crippen LogP contribution is -2.30. The molecule has 0 amide bonds. The van der Waals surface area contributed by atoms with Crippen molar-refractivity contribution in [1.82, 2.24) is 9.80 Å². The largest absolute Gasteiger partial charge is 0.277 e. The minimum Gasteiger partial charge on any atom is -0.277 e. The first-order chi connectivity index (χ1) is 4.25. The van der Waals surface area contributed by atoms with Gasteiger partial charge in [-0.2, -0.15) is 0 Å². The van der Waals surface area contributed by atoms with Crippen LogP contribution < -0.4 is 0 Å². The molecule has 2 nitrogen and oxygen atoms in total. The summed E-state index contributed by atoms with van der Waals surface area (Å²) in [7, 11) is 1.99. The topological polar surface area (TPSA) is 6.48 Å². The van der Waals surface area contributed by atoms with E-state index in [1.54, 1.807) is 0 Å². The molecule has 0 aliphatic carbocycles. The number of hydrogen-bond acceptors (Lipinski definition) is 2. The van der Waals surface area contributed by atoms with Crippen molar-refractivity contribution in [3.8, 4) is 0 Å². The van der Waals surface area contributed by atoms with Gasteiger partial charge in [-0.15, -0.1) is 11.6 Å². The molecule has 0 aromatic rings. The third-order valence-electron chi connectivity index (χ3n) is 1.56. The van der Waals surface area contributed by atoms with E-state index in [4.69, 9.17) is 23.2 Å². The Balaban J connectivity index is 2.41. The molecular weight excluding hydrogens is 159 g/mol. The fraction of sp³-hybridized carbons (Fsp3) is 1.00. The number of hydrogen-bond donors (Lipinski definition) is 0. The van der Waals surface area contributed by atoms with Crippen molar-refractivity contribution in [3.05, 3.63) is 0 Å². The highest BCUT2D eigenvalue weighted by atomic mass is 35.5. The van der Waals surface area contributed by atoms with Gasteiger partial charge in [-0.3, -0.25) is 9.80 Å². The quantitative estimate of drug-likeness (QED) is 0.426. The van der Waals surface area contributed by atoms with E-state index in [-0.39, 0.29) is 5.62 Å². The van der Waals surface area contributed by atoms with Crippen LogP contribution in [0, 0.1) is 0 Å². The molecule has 0 aromatic heterocycles. The van der Waals surface area contributed by atoms with Gasteiger partial charge in [0.1, 0.15) is 5.62 Å². The van der Waals surface area contributed by atoms with E-state index >= 15 is 0 Å². The molecule has 1 fully saturated rings. The van der Waals surface area contributed by atoms with Gasteiger partial charge >= 0.3 is 0 Å². The lowest BCUT2D eigenvalue weighted by molar-refractivity contribution is 0.263. The molecule has 1 aliphatic heterocycles. The van der Waals surface area contributed by atoms with Crippen LogP contribution in [0.2, 0.25) is 0 Å². The highest BCUT2D eigenvalue weighted by Gasteiger charge is 2.25. The number of rotatable bonds is 1. The fourth-order valence-electron chi connectivity index (χ4n) is 0.895. The summed E-state index contributed by atoms with van der Waals surface area (Å²) < 4.78 is 0. The fourth-order valence-corrected chi connectivity index (χ4v) is 1.48. The van der Waals surface area contributed by atoms with Crippen LogP contribution >= 0.6 is 23.2 Å². The Morgan fingerprint density at radius 1 is 1.56 bits per heavy atom. The zero-order valence-electron chi connectivity index (χ0n) is 5.35. The molecule has 4 heteroatoms. The lowest BCUT2D eigenvalue weighted by Gasteiger charge is -2.18. The van der Waals surface area contributed by atoms with Gasteiger partial charge in [0.05, 0.1) is 6.00 Å². The molecule has 1 saturated heterocycles. The van der Waals surface area contributed by atoms with Crippen molar-refractivity contribution < 1.29 is 0 Å². The van der Waals surface area contributed by atoms with E-state index in [9.17, 15) is 0 Å². The molecule has 0 aromatic carbocycles. The zero-order valence-corrected chi connectivity index (χ0v) is 6.86. The summed E-state index contributed by atoms with van der Waals surface area (Å²) in [6, 6.07) is 0.526. The molecular formula is C5H10Cl2N2. The van der Waals surface area contributed by atoms with Crippen LogP contribution in [0.1, 0.15) is 0 Å². The maximum atomic E-state index is 5.90. The second-order valence-corrected chi connectivity index (χ2v) is 2.85. The molecule has 1 unspecified atom stereocenters. The minimum atomic E-state index is 0.00231. The first-order valence-electron chi connectivity index (χ1n) is 2.90. The molecule has 0 spiro atoms. The molecule has 1 rings (SSSR count). The van der Waals surface area contributed by atoms with E-state index < -0.39 is 0 Å². The number of nitrogens with zero attached hydrogens (tertiary/aromatic N) is 2. The Kier molecular flexibility index (Phi) is 2.59. The van der Waals surface area contributed by atoms with E-state index in [0.717, 1.165) is 13.1 Å². The maximum Gasteiger partial charge on any atom is 0.141 e.